The number of halogens is 1. The molecule has 17 heavy (non-hydrogen) atoms. The highest BCUT2D eigenvalue weighted by atomic mass is 32.2. The van der Waals surface area contributed by atoms with Gasteiger partial charge in [0.25, 0.3) is 0 Å². The van der Waals surface area contributed by atoms with Crippen LogP contribution in [0.4, 0.5) is 4.39 Å². The first-order chi connectivity index (χ1) is 7.83. The molecule has 0 aromatic heterocycles. The Labute approximate surface area is 107 Å². The van der Waals surface area contributed by atoms with Gasteiger partial charge in [-0.3, -0.25) is 0 Å². The topological polar surface area (TPSA) is 35.2 Å². The number of ether oxygens (including phenoxy) is 1. The normalized spacial score (nSPS) is 13.5. The van der Waals surface area contributed by atoms with Crippen molar-refractivity contribution in [3.8, 4) is 5.75 Å². The second kappa shape index (κ2) is 5.74. The van der Waals surface area contributed by atoms with E-state index in [-0.39, 0.29) is 16.6 Å². The van der Waals surface area contributed by atoms with Crippen LogP contribution in [0.15, 0.2) is 18.2 Å². The van der Waals surface area contributed by atoms with Crippen LogP contribution in [0.1, 0.15) is 32.4 Å². The van der Waals surface area contributed by atoms with Gasteiger partial charge >= 0.3 is 0 Å². The molecular weight excluding hydrogens is 237 g/mol. The van der Waals surface area contributed by atoms with Crippen molar-refractivity contribution in [1.29, 1.82) is 0 Å². The van der Waals surface area contributed by atoms with E-state index in [0.717, 1.165) is 11.3 Å². The number of hydrogen-bond acceptors (Lipinski definition) is 3. The summed E-state index contributed by atoms with van der Waals surface area (Å²) in [6.45, 7) is 6.40. The van der Waals surface area contributed by atoms with Gasteiger partial charge in [-0.25, -0.2) is 4.39 Å². The van der Waals surface area contributed by atoms with E-state index < -0.39 is 0 Å². The van der Waals surface area contributed by atoms with Gasteiger partial charge in [-0.2, -0.15) is 11.8 Å². The number of methoxy groups -OCH3 is 1. The molecule has 2 N–H and O–H groups in total. The van der Waals surface area contributed by atoms with Crippen LogP contribution in [-0.2, 0) is 0 Å². The first kappa shape index (κ1) is 14.3. The predicted octanol–water partition coefficient (Wildman–Crippen LogP) is 3.37. The lowest BCUT2D eigenvalue weighted by Gasteiger charge is -2.21. The smallest absolute Gasteiger partial charge is 0.123 e. The van der Waals surface area contributed by atoms with Crippen LogP contribution in [0.2, 0.25) is 0 Å². The van der Waals surface area contributed by atoms with E-state index in [0.29, 0.717) is 5.75 Å². The van der Waals surface area contributed by atoms with Gasteiger partial charge in [-0.1, -0.05) is 20.8 Å². The number of benzene rings is 1. The summed E-state index contributed by atoms with van der Waals surface area (Å²) in [4.78, 5) is 0. The zero-order chi connectivity index (χ0) is 13.1. The summed E-state index contributed by atoms with van der Waals surface area (Å²) >= 11 is 1.76. The van der Waals surface area contributed by atoms with E-state index in [1.54, 1.807) is 24.9 Å². The molecule has 1 aromatic carbocycles. The third-order valence-corrected chi connectivity index (χ3v) is 3.68. The Morgan fingerprint density at radius 3 is 2.59 bits per heavy atom. The lowest BCUT2D eigenvalue weighted by atomic mass is 10.1. The van der Waals surface area contributed by atoms with Crippen molar-refractivity contribution in [2.75, 3.05) is 12.9 Å². The first-order valence-corrected chi connectivity index (χ1v) is 6.55. The molecule has 0 bridgehead atoms. The molecule has 1 rings (SSSR count). The minimum atomic E-state index is -0.281. The lowest BCUT2D eigenvalue weighted by molar-refractivity contribution is 0.405. The van der Waals surface area contributed by atoms with Crippen LogP contribution in [0.25, 0.3) is 0 Å². The fourth-order valence-corrected chi connectivity index (χ4v) is 2.28. The van der Waals surface area contributed by atoms with Crippen LogP contribution in [-0.4, -0.2) is 17.6 Å². The summed E-state index contributed by atoms with van der Waals surface area (Å²) in [5.74, 6) is 1.11. The molecule has 1 unspecified atom stereocenters. The maximum Gasteiger partial charge on any atom is 0.123 e. The quantitative estimate of drug-likeness (QED) is 0.898. The average molecular weight is 257 g/mol. The Morgan fingerprint density at radius 1 is 1.41 bits per heavy atom. The van der Waals surface area contributed by atoms with Crippen molar-refractivity contribution in [2.45, 2.75) is 31.6 Å². The van der Waals surface area contributed by atoms with Gasteiger partial charge in [0.05, 0.1) is 7.11 Å². The second-order valence-corrected chi connectivity index (χ2v) is 6.76. The predicted molar refractivity (Wildman–Crippen MR) is 72.1 cm³/mol. The Bertz CT molecular complexity index is 376. The second-order valence-electron chi connectivity index (χ2n) is 4.92. The highest BCUT2D eigenvalue weighted by molar-refractivity contribution is 8.00. The molecule has 0 aliphatic heterocycles. The molecule has 2 nitrogen and oxygen atoms in total. The number of rotatable bonds is 4. The molecule has 1 atom stereocenters. The summed E-state index contributed by atoms with van der Waals surface area (Å²) in [5, 5.41) is 0. The molecule has 96 valence electrons. The van der Waals surface area contributed by atoms with Crippen LogP contribution in [0.3, 0.4) is 0 Å². The number of thioether (sulfide) groups is 1. The maximum atomic E-state index is 13.2. The number of nitrogens with two attached hydrogens (primary N) is 1. The molecule has 0 fully saturated rings. The van der Waals surface area contributed by atoms with Gasteiger partial charge in [-0.05, 0) is 18.2 Å². The molecule has 0 radical (unpaired) electrons. The molecular formula is C13H20FNOS. The molecule has 1 aromatic rings. The largest absolute Gasteiger partial charge is 0.496 e. The van der Waals surface area contributed by atoms with Crippen molar-refractivity contribution >= 4 is 11.8 Å². The van der Waals surface area contributed by atoms with Gasteiger partial charge < -0.3 is 10.5 Å². The van der Waals surface area contributed by atoms with E-state index in [1.165, 1.54) is 12.1 Å². The van der Waals surface area contributed by atoms with Crippen molar-refractivity contribution in [1.82, 2.24) is 0 Å². The van der Waals surface area contributed by atoms with Gasteiger partial charge in [0, 0.05) is 22.1 Å². The molecule has 0 aliphatic rings. The van der Waals surface area contributed by atoms with Gasteiger partial charge in [0.1, 0.15) is 11.6 Å². The summed E-state index contributed by atoms with van der Waals surface area (Å²) in [7, 11) is 1.57. The van der Waals surface area contributed by atoms with Crippen LogP contribution < -0.4 is 10.5 Å². The Morgan fingerprint density at radius 2 is 2.06 bits per heavy atom. The van der Waals surface area contributed by atoms with Gasteiger partial charge in [0.15, 0.2) is 0 Å². The molecule has 0 aliphatic carbocycles. The van der Waals surface area contributed by atoms with Gasteiger partial charge in [0.2, 0.25) is 0 Å². The SMILES string of the molecule is COc1ccc(F)cc1C(N)CSC(C)(C)C. The third-order valence-electron chi connectivity index (χ3n) is 2.29. The summed E-state index contributed by atoms with van der Waals surface area (Å²) in [5.41, 5.74) is 6.81. The van der Waals surface area contributed by atoms with Crippen molar-refractivity contribution in [3.05, 3.63) is 29.6 Å². The van der Waals surface area contributed by atoms with Crippen LogP contribution >= 0.6 is 11.8 Å². The Balaban J connectivity index is 2.80. The third kappa shape index (κ3) is 4.56. The fourth-order valence-electron chi connectivity index (χ4n) is 1.42. The molecule has 0 heterocycles. The zero-order valence-corrected chi connectivity index (χ0v) is 11.6. The first-order valence-electron chi connectivity index (χ1n) is 5.56. The summed E-state index contributed by atoms with van der Waals surface area (Å²) < 4.78 is 18.5. The molecule has 4 heteroatoms. The highest BCUT2D eigenvalue weighted by Crippen LogP contribution is 2.31. The van der Waals surface area contributed by atoms with E-state index in [4.69, 9.17) is 10.5 Å². The zero-order valence-electron chi connectivity index (χ0n) is 10.8. The van der Waals surface area contributed by atoms with E-state index >= 15 is 0 Å². The molecule has 0 saturated heterocycles. The minimum absolute atomic E-state index is 0.151. The minimum Gasteiger partial charge on any atom is -0.496 e. The fraction of sp³-hybridized carbons (Fsp3) is 0.538. The van der Waals surface area contributed by atoms with Crippen molar-refractivity contribution in [3.63, 3.8) is 0 Å². The molecule has 0 spiro atoms. The Hall–Kier alpha value is -0.740. The van der Waals surface area contributed by atoms with Gasteiger partial charge in [-0.15, -0.1) is 0 Å². The van der Waals surface area contributed by atoms with Crippen LogP contribution in [0, 0.1) is 5.82 Å². The standard InChI is InChI=1S/C13H20FNOS/c1-13(2,3)17-8-11(15)10-7-9(14)5-6-12(10)16-4/h5-7,11H,8,15H2,1-4H3. The number of hydrogen-bond donors (Lipinski definition) is 1. The van der Waals surface area contributed by atoms with Crippen molar-refractivity contribution < 1.29 is 9.13 Å². The average Bonchev–Trinajstić information content (AvgIpc) is 2.25. The summed E-state index contributed by atoms with van der Waals surface area (Å²) in [6.07, 6.45) is 0. The molecule has 0 amide bonds. The monoisotopic (exact) mass is 257 g/mol. The lowest BCUT2D eigenvalue weighted by Crippen LogP contribution is -2.18. The highest BCUT2D eigenvalue weighted by Gasteiger charge is 2.17. The maximum absolute atomic E-state index is 13.2. The van der Waals surface area contributed by atoms with E-state index in [9.17, 15) is 4.39 Å². The Kier molecular flexibility index (Phi) is 4.83. The van der Waals surface area contributed by atoms with Crippen molar-refractivity contribution in [2.24, 2.45) is 5.73 Å². The summed E-state index contributed by atoms with van der Waals surface area (Å²) in [6, 6.07) is 4.23. The van der Waals surface area contributed by atoms with E-state index in [1.807, 2.05) is 0 Å². The van der Waals surface area contributed by atoms with E-state index in [2.05, 4.69) is 20.8 Å². The molecule has 0 saturated carbocycles. The van der Waals surface area contributed by atoms with Crippen LogP contribution in [0.5, 0.6) is 5.75 Å².